The molecule has 28 heavy (non-hydrogen) atoms. The molecule has 0 aromatic heterocycles. The van der Waals surface area contributed by atoms with Gasteiger partial charge in [-0.15, -0.1) is 0 Å². The summed E-state index contributed by atoms with van der Waals surface area (Å²) in [7, 11) is 0. The van der Waals surface area contributed by atoms with E-state index in [0.29, 0.717) is 16.1 Å². The molecule has 3 aromatic rings. The lowest BCUT2D eigenvalue weighted by Crippen LogP contribution is -2.18. The Labute approximate surface area is 167 Å². The van der Waals surface area contributed by atoms with Crippen molar-refractivity contribution in [1.82, 2.24) is 5.48 Å². The number of primary amides is 1. The first kappa shape index (κ1) is 19.6. The van der Waals surface area contributed by atoms with Gasteiger partial charge in [0.05, 0.1) is 0 Å². The van der Waals surface area contributed by atoms with E-state index in [2.05, 4.69) is 0 Å². The molecule has 142 valence electrons. The van der Waals surface area contributed by atoms with Crippen LogP contribution in [0.5, 0.6) is 0 Å². The fourth-order valence-electron chi connectivity index (χ4n) is 3.28. The van der Waals surface area contributed by atoms with Crippen LogP contribution in [0.3, 0.4) is 0 Å². The summed E-state index contributed by atoms with van der Waals surface area (Å²) in [5.41, 5.74) is 11.5. The van der Waals surface area contributed by atoms with Gasteiger partial charge in [-0.1, -0.05) is 54.9 Å². The van der Waals surface area contributed by atoms with Gasteiger partial charge >= 0.3 is 0 Å². The largest absolute Gasteiger partial charge is 0.366 e. The molecule has 0 unspecified atom stereocenters. The first-order chi connectivity index (χ1) is 13.4. The van der Waals surface area contributed by atoms with Crippen molar-refractivity contribution in [3.05, 3.63) is 94.0 Å². The Morgan fingerprint density at radius 3 is 2.21 bits per heavy atom. The van der Waals surface area contributed by atoms with Gasteiger partial charge in [0.1, 0.15) is 0 Å². The van der Waals surface area contributed by atoms with Gasteiger partial charge in [0, 0.05) is 22.1 Å². The fourth-order valence-corrected chi connectivity index (χ4v) is 3.41. The number of nitrogens with two attached hydrogens (primary N) is 1. The molecule has 6 heteroatoms. The van der Waals surface area contributed by atoms with Crippen LogP contribution in [0.15, 0.2) is 66.7 Å². The maximum Gasteiger partial charge on any atom is 0.274 e. The summed E-state index contributed by atoms with van der Waals surface area (Å²) < 4.78 is 0. The zero-order valence-electron chi connectivity index (χ0n) is 15.1. The average molecular weight is 395 g/mol. The number of rotatable bonds is 5. The maximum atomic E-state index is 12.1. The van der Waals surface area contributed by atoms with Gasteiger partial charge in [-0.25, -0.2) is 5.48 Å². The van der Waals surface area contributed by atoms with E-state index in [9.17, 15) is 9.59 Å². The molecule has 0 aliphatic carbocycles. The highest BCUT2D eigenvalue weighted by atomic mass is 35.5. The van der Waals surface area contributed by atoms with Crippen molar-refractivity contribution >= 4 is 23.4 Å². The summed E-state index contributed by atoms with van der Waals surface area (Å²) in [5.74, 6) is -1.21. The highest BCUT2D eigenvalue weighted by Gasteiger charge is 2.21. The third-order valence-electron chi connectivity index (χ3n) is 4.73. The molecule has 2 amide bonds. The monoisotopic (exact) mass is 394 g/mol. The van der Waals surface area contributed by atoms with Gasteiger partial charge in [0.15, 0.2) is 0 Å². The number of amides is 2. The molecule has 0 heterocycles. The molecule has 1 atom stereocenters. The second-order valence-corrected chi connectivity index (χ2v) is 6.86. The lowest BCUT2D eigenvalue weighted by molar-refractivity contribution is 0.0706. The third-order valence-corrected chi connectivity index (χ3v) is 4.99. The highest BCUT2D eigenvalue weighted by Crippen LogP contribution is 2.36. The van der Waals surface area contributed by atoms with Crippen LogP contribution >= 0.6 is 11.6 Å². The van der Waals surface area contributed by atoms with Gasteiger partial charge in [0.25, 0.3) is 5.91 Å². The second-order valence-electron chi connectivity index (χ2n) is 6.42. The standard InChI is InChI=1S/C22H19ClN2O3/c1-13(14-9-11-17(23)12-10-14)20-18(3-2-4-19(20)21(24)26)15-5-7-16(8-6-15)22(27)25-28/h2-13,28H,1H3,(H2,24,26)(H,25,27)/t13-/m1/s1. The Bertz CT molecular complexity index is 1010. The molecule has 0 aliphatic heterocycles. The Balaban J connectivity index is 2.14. The minimum absolute atomic E-state index is 0.114. The minimum atomic E-state index is -0.591. The average Bonchev–Trinajstić information content (AvgIpc) is 2.72. The number of halogens is 1. The Morgan fingerprint density at radius 1 is 1.00 bits per heavy atom. The Hall–Kier alpha value is -3.15. The van der Waals surface area contributed by atoms with Gasteiger partial charge in [-0.05, 0) is 52.6 Å². The Kier molecular flexibility index (Phi) is 5.78. The van der Waals surface area contributed by atoms with Crippen LogP contribution in [-0.4, -0.2) is 17.0 Å². The number of nitrogens with one attached hydrogen (secondary N) is 1. The molecular weight excluding hydrogens is 376 g/mol. The van der Waals surface area contributed by atoms with Crippen molar-refractivity contribution in [3.8, 4) is 11.1 Å². The lowest BCUT2D eigenvalue weighted by atomic mass is 9.83. The minimum Gasteiger partial charge on any atom is -0.366 e. The van der Waals surface area contributed by atoms with Crippen LogP contribution in [0.1, 0.15) is 44.7 Å². The Morgan fingerprint density at radius 2 is 1.64 bits per heavy atom. The zero-order valence-corrected chi connectivity index (χ0v) is 15.9. The molecule has 5 nitrogen and oxygen atoms in total. The molecule has 0 saturated heterocycles. The SMILES string of the molecule is C[C@H](c1ccc(Cl)cc1)c1c(C(N)=O)cccc1-c1ccc(C(=O)NO)cc1. The predicted molar refractivity (Wildman–Crippen MR) is 109 cm³/mol. The van der Waals surface area contributed by atoms with Crippen molar-refractivity contribution < 1.29 is 14.8 Å². The summed E-state index contributed by atoms with van der Waals surface area (Å²) in [6.07, 6.45) is 0. The van der Waals surface area contributed by atoms with E-state index in [1.807, 2.05) is 37.3 Å². The molecule has 3 aromatic carbocycles. The van der Waals surface area contributed by atoms with Crippen LogP contribution in [0.4, 0.5) is 0 Å². The maximum absolute atomic E-state index is 12.1. The summed E-state index contributed by atoms with van der Waals surface area (Å²) in [6, 6.07) is 19.6. The van der Waals surface area contributed by atoms with Crippen molar-refractivity contribution in [2.24, 2.45) is 5.73 Å². The second kappa shape index (κ2) is 8.25. The number of carbonyl (C=O) groups is 2. The fraction of sp³-hybridized carbons (Fsp3) is 0.0909. The summed E-state index contributed by atoms with van der Waals surface area (Å²) in [4.78, 5) is 23.7. The van der Waals surface area contributed by atoms with Crippen LogP contribution < -0.4 is 11.2 Å². The molecule has 3 rings (SSSR count). The van der Waals surface area contributed by atoms with Gasteiger partial charge in [0.2, 0.25) is 5.91 Å². The molecule has 0 fully saturated rings. The van der Waals surface area contributed by atoms with Crippen LogP contribution in [0.25, 0.3) is 11.1 Å². The van der Waals surface area contributed by atoms with E-state index < -0.39 is 11.8 Å². The number of carbonyl (C=O) groups excluding carboxylic acids is 2. The normalized spacial score (nSPS) is 11.7. The molecule has 0 radical (unpaired) electrons. The van der Waals surface area contributed by atoms with Gasteiger partial charge in [-0.3, -0.25) is 14.8 Å². The van der Waals surface area contributed by atoms with E-state index in [1.54, 1.807) is 41.9 Å². The van der Waals surface area contributed by atoms with E-state index in [4.69, 9.17) is 22.5 Å². The number of hydrogen-bond donors (Lipinski definition) is 3. The van der Waals surface area contributed by atoms with E-state index in [0.717, 1.165) is 22.3 Å². The topological polar surface area (TPSA) is 92.4 Å². The summed E-state index contributed by atoms with van der Waals surface area (Å²) >= 11 is 6.00. The van der Waals surface area contributed by atoms with Crippen LogP contribution in [0, 0.1) is 0 Å². The van der Waals surface area contributed by atoms with Crippen molar-refractivity contribution in [3.63, 3.8) is 0 Å². The molecule has 0 aliphatic rings. The van der Waals surface area contributed by atoms with Crippen molar-refractivity contribution in [1.29, 1.82) is 0 Å². The van der Waals surface area contributed by atoms with Crippen molar-refractivity contribution in [2.75, 3.05) is 0 Å². The summed E-state index contributed by atoms with van der Waals surface area (Å²) in [5, 5.41) is 9.41. The van der Waals surface area contributed by atoms with E-state index in [-0.39, 0.29) is 5.92 Å². The lowest BCUT2D eigenvalue weighted by Gasteiger charge is -2.20. The zero-order chi connectivity index (χ0) is 20.3. The van der Waals surface area contributed by atoms with E-state index in [1.165, 1.54) is 0 Å². The number of hydroxylamine groups is 1. The predicted octanol–water partition coefficient (Wildman–Crippen LogP) is 4.38. The molecular formula is C22H19ClN2O3. The molecule has 4 N–H and O–H groups in total. The van der Waals surface area contributed by atoms with Gasteiger partial charge < -0.3 is 5.73 Å². The first-order valence-corrected chi connectivity index (χ1v) is 9.03. The number of benzene rings is 3. The van der Waals surface area contributed by atoms with Crippen LogP contribution in [-0.2, 0) is 0 Å². The van der Waals surface area contributed by atoms with Gasteiger partial charge in [-0.2, -0.15) is 0 Å². The van der Waals surface area contributed by atoms with Crippen LogP contribution in [0.2, 0.25) is 5.02 Å². The quantitative estimate of drug-likeness (QED) is 0.443. The smallest absolute Gasteiger partial charge is 0.274 e. The first-order valence-electron chi connectivity index (χ1n) is 8.65. The van der Waals surface area contributed by atoms with E-state index >= 15 is 0 Å². The number of hydrogen-bond acceptors (Lipinski definition) is 3. The third kappa shape index (κ3) is 3.91. The van der Waals surface area contributed by atoms with Crippen molar-refractivity contribution in [2.45, 2.75) is 12.8 Å². The summed E-state index contributed by atoms with van der Waals surface area (Å²) in [6.45, 7) is 2.00. The highest BCUT2D eigenvalue weighted by molar-refractivity contribution is 6.30. The molecule has 0 saturated carbocycles. The molecule has 0 spiro atoms. The molecule has 0 bridgehead atoms.